The van der Waals surface area contributed by atoms with E-state index in [1.165, 1.54) is 56.4 Å². The molecule has 1 aromatic heterocycles. The number of nitrogens with zero attached hydrogens (tertiary/aromatic N) is 2. The maximum absolute atomic E-state index is 7.25. The van der Waals surface area contributed by atoms with Crippen LogP contribution < -0.4 is 9.80 Å². The topological polar surface area (TPSA) is 6.48 Å². The molecule has 0 fully saturated rings. The summed E-state index contributed by atoms with van der Waals surface area (Å²) < 4.78 is 1.32. The maximum atomic E-state index is 7.25. The minimum absolute atomic E-state index is 0.0463. The van der Waals surface area contributed by atoms with Crippen LogP contribution in [-0.4, -0.2) is 0 Å². The molecule has 0 spiro atoms. The Hall–Kier alpha value is -4.05. The lowest BCUT2D eigenvalue weighted by Crippen LogP contribution is -2.33. The van der Waals surface area contributed by atoms with Gasteiger partial charge >= 0.3 is 0 Å². The number of rotatable bonds is 6. The first-order chi connectivity index (χ1) is 26.0. The summed E-state index contributed by atoms with van der Waals surface area (Å²) in [6.07, 6.45) is 2.37. The van der Waals surface area contributed by atoms with Gasteiger partial charge in [-0.15, -0.1) is 11.3 Å². The standard InChI is InChI=1S/C52H61ClN2S/c1-48(2,3)34-14-20-38(21-15-34)54(39-22-16-35(17-23-39)49(4,5)6)41-28-37(53)29-42(30-41)55(40-24-18-36(19-25-40)50(7,8)9)46-33-56-47-32-45-44(31-43(46)47)51(10,11)26-27-52(45,12)13/h14-25,28-33H,26-27H2,1-13H3. The van der Waals surface area contributed by atoms with Crippen LogP contribution in [0.15, 0.2) is 109 Å². The first kappa shape index (κ1) is 40.2. The Bertz CT molecular complexity index is 2300. The molecule has 0 saturated carbocycles. The number of halogens is 1. The van der Waals surface area contributed by atoms with E-state index >= 15 is 0 Å². The van der Waals surface area contributed by atoms with Crippen LogP contribution >= 0.6 is 22.9 Å². The number of benzene rings is 5. The Balaban J connectivity index is 1.45. The quantitative estimate of drug-likeness (QED) is 0.166. The second-order valence-corrected chi connectivity index (χ2v) is 21.9. The van der Waals surface area contributed by atoms with Crippen molar-refractivity contribution in [2.75, 3.05) is 9.80 Å². The van der Waals surface area contributed by atoms with Crippen LogP contribution in [0.4, 0.5) is 34.1 Å². The van der Waals surface area contributed by atoms with Crippen molar-refractivity contribution in [3.8, 4) is 0 Å². The highest BCUT2D eigenvalue weighted by molar-refractivity contribution is 7.17. The Morgan fingerprint density at radius 3 is 1.27 bits per heavy atom. The van der Waals surface area contributed by atoms with Crippen LogP contribution in [0.3, 0.4) is 0 Å². The van der Waals surface area contributed by atoms with E-state index in [1.54, 1.807) is 0 Å². The molecule has 0 aliphatic heterocycles. The predicted molar refractivity (Wildman–Crippen MR) is 248 cm³/mol. The van der Waals surface area contributed by atoms with Crippen LogP contribution in [0.25, 0.3) is 10.1 Å². The number of hydrogen-bond acceptors (Lipinski definition) is 3. The van der Waals surface area contributed by atoms with E-state index in [-0.39, 0.29) is 27.1 Å². The number of thiophene rings is 1. The van der Waals surface area contributed by atoms with Crippen LogP contribution in [0, 0.1) is 0 Å². The smallest absolute Gasteiger partial charge is 0.0647 e. The lowest BCUT2D eigenvalue weighted by Gasteiger charge is -2.42. The van der Waals surface area contributed by atoms with Crippen molar-refractivity contribution in [3.05, 3.63) is 141 Å². The summed E-state index contributed by atoms with van der Waals surface area (Å²) in [5, 5.41) is 4.33. The monoisotopic (exact) mass is 780 g/mol. The number of anilines is 6. The van der Waals surface area contributed by atoms with E-state index in [0.717, 1.165) is 28.4 Å². The third-order valence-electron chi connectivity index (χ3n) is 12.1. The number of fused-ring (bicyclic) bond motifs is 2. The molecule has 0 saturated heterocycles. The van der Waals surface area contributed by atoms with Crippen LogP contribution in [-0.2, 0) is 27.1 Å². The summed E-state index contributed by atoms with van der Waals surface area (Å²) in [5.74, 6) is 0. The first-order valence-corrected chi connectivity index (χ1v) is 21.6. The second-order valence-electron chi connectivity index (χ2n) is 20.5. The van der Waals surface area contributed by atoms with E-state index in [9.17, 15) is 0 Å². The molecule has 7 rings (SSSR count). The van der Waals surface area contributed by atoms with Gasteiger partial charge in [0.05, 0.1) is 5.69 Å². The van der Waals surface area contributed by atoms with Gasteiger partial charge in [0.25, 0.3) is 0 Å². The van der Waals surface area contributed by atoms with Gasteiger partial charge in [0.15, 0.2) is 0 Å². The number of hydrogen-bond donors (Lipinski definition) is 0. The van der Waals surface area contributed by atoms with Crippen LogP contribution in [0.5, 0.6) is 0 Å². The summed E-state index contributed by atoms with van der Waals surface area (Å²) in [6, 6.07) is 38.8. The van der Waals surface area contributed by atoms with Gasteiger partial charge in [0.1, 0.15) is 0 Å². The van der Waals surface area contributed by atoms with E-state index in [2.05, 4.69) is 208 Å². The van der Waals surface area contributed by atoms with E-state index in [1.807, 2.05) is 11.3 Å². The molecule has 1 aliphatic carbocycles. The first-order valence-electron chi connectivity index (χ1n) is 20.3. The van der Waals surface area contributed by atoms with Gasteiger partial charge in [-0.25, -0.2) is 0 Å². The summed E-state index contributed by atoms with van der Waals surface area (Å²) >= 11 is 9.09. The van der Waals surface area contributed by atoms with Gasteiger partial charge < -0.3 is 9.80 Å². The van der Waals surface area contributed by atoms with Gasteiger partial charge in [-0.1, -0.05) is 138 Å². The highest BCUT2D eigenvalue weighted by atomic mass is 35.5. The zero-order chi connectivity index (χ0) is 40.6. The highest BCUT2D eigenvalue weighted by Crippen LogP contribution is 2.51. The minimum atomic E-state index is 0.0463. The maximum Gasteiger partial charge on any atom is 0.0647 e. The van der Waals surface area contributed by atoms with E-state index in [4.69, 9.17) is 11.6 Å². The molecule has 0 amide bonds. The average Bonchev–Trinajstić information content (AvgIpc) is 3.52. The molecule has 292 valence electrons. The van der Waals surface area contributed by atoms with Crippen molar-refractivity contribution in [2.24, 2.45) is 0 Å². The van der Waals surface area contributed by atoms with Crippen molar-refractivity contribution in [1.29, 1.82) is 0 Å². The van der Waals surface area contributed by atoms with E-state index < -0.39 is 0 Å². The van der Waals surface area contributed by atoms with Crippen LogP contribution in [0.1, 0.15) is 131 Å². The zero-order valence-electron chi connectivity index (χ0n) is 36.0. The van der Waals surface area contributed by atoms with Gasteiger partial charge in [-0.2, -0.15) is 0 Å². The fraction of sp³-hybridized carbons (Fsp3) is 0.385. The summed E-state index contributed by atoms with van der Waals surface area (Å²) in [4.78, 5) is 4.78. The molecule has 56 heavy (non-hydrogen) atoms. The van der Waals surface area contributed by atoms with Crippen molar-refractivity contribution >= 4 is 67.1 Å². The van der Waals surface area contributed by atoms with Gasteiger partial charge in [-0.3, -0.25) is 0 Å². The molecule has 2 nitrogen and oxygen atoms in total. The van der Waals surface area contributed by atoms with Crippen molar-refractivity contribution in [3.63, 3.8) is 0 Å². The molecule has 5 aromatic carbocycles. The summed E-state index contributed by atoms with van der Waals surface area (Å²) in [6.45, 7) is 30.1. The molecular weight excluding hydrogens is 720 g/mol. The molecule has 4 heteroatoms. The zero-order valence-corrected chi connectivity index (χ0v) is 37.6. The van der Waals surface area contributed by atoms with Gasteiger partial charge in [0, 0.05) is 48.9 Å². The largest absolute Gasteiger partial charge is 0.310 e. The van der Waals surface area contributed by atoms with Gasteiger partial charge in [0.2, 0.25) is 0 Å². The second kappa shape index (κ2) is 14.1. The molecule has 0 radical (unpaired) electrons. The lowest BCUT2D eigenvalue weighted by atomic mass is 9.63. The van der Waals surface area contributed by atoms with Crippen molar-refractivity contribution < 1.29 is 0 Å². The van der Waals surface area contributed by atoms with Crippen LogP contribution in [0.2, 0.25) is 5.02 Å². The summed E-state index contributed by atoms with van der Waals surface area (Å²) in [7, 11) is 0. The molecule has 0 N–H and O–H groups in total. The molecule has 1 heterocycles. The molecule has 0 bridgehead atoms. The van der Waals surface area contributed by atoms with Crippen molar-refractivity contribution in [1.82, 2.24) is 0 Å². The Kier molecular flexibility index (Phi) is 10.1. The summed E-state index contributed by atoms with van der Waals surface area (Å²) in [5.41, 5.74) is 13.8. The normalized spacial score (nSPS) is 15.5. The fourth-order valence-corrected chi connectivity index (χ4v) is 9.44. The Morgan fingerprint density at radius 2 is 0.857 bits per heavy atom. The molecule has 1 aliphatic rings. The lowest BCUT2D eigenvalue weighted by molar-refractivity contribution is 0.332. The third kappa shape index (κ3) is 7.79. The minimum Gasteiger partial charge on any atom is -0.310 e. The van der Waals surface area contributed by atoms with E-state index in [0.29, 0.717) is 5.02 Å². The Labute approximate surface area is 346 Å². The third-order valence-corrected chi connectivity index (χ3v) is 13.3. The van der Waals surface area contributed by atoms with Crippen molar-refractivity contribution in [2.45, 2.75) is 130 Å². The SMILES string of the molecule is CC(C)(C)c1ccc(N(c2ccc(C(C)(C)C)cc2)c2cc(Cl)cc(N(c3ccc(C(C)(C)C)cc3)c3csc4cc5c(cc34)C(C)(C)CCC5(C)C)c2)cc1. The highest BCUT2D eigenvalue weighted by Gasteiger charge is 2.38. The average molecular weight is 782 g/mol. The molecule has 0 unspecified atom stereocenters. The predicted octanol–water partition coefficient (Wildman–Crippen LogP) is 16.7. The molecule has 0 atom stereocenters. The molecular formula is C52H61ClN2S. The van der Waals surface area contributed by atoms with Gasteiger partial charge in [-0.05, 0) is 134 Å². The molecule has 6 aromatic rings. The Morgan fingerprint density at radius 1 is 0.482 bits per heavy atom. The fourth-order valence-electron chi connectivity index (χ4n) is 8.27.